The van der Waals surface area contributed by atoms with Crippen molar-refractivity contribution in [3.05, 3.63) is 53.6 Å². The SMILES string of the molecule is COc1cccc(N2CCN3c4ccc(C(F)(F)F)cc4C[C@@H](C(=O)NCCN4CCOCC4)[C@H]3C2)c1. The first kappa shape index (κ1) is 25.7. The molecular weight excluding hydrogens is 485 g/mol. The Hall–Kier alpha value is -2.98. The van der Waals surface area contributed by atoms with Crippen LogP contribution in [0.1, 0.15) is 11.1 Å². The Kier molecular flexibility index (Phi) is 7.48. The van der Waals surface area contributed by atoms with Crippen LogP contribution in [0.15, 0.2) is 42.5 Å². The van der Waals surface area contributed by atoms with Gasteiger partial charge in [-0.2, -0.15) is 13.2 Å². The Morgan fingerprint density at radius 3 is 2.68 bits per heavy atom. The molecule has 2 atom stereocenters. The molecule has 10 heteroatoms. The molecule has 0 saturated carbocycles. The van der Waals surface area contributed by atoms with Crippen molar-refractivity contribution in [3.63, 3.8) is 0 Å². The van der Waals surface area contributed by atoms with Gasteiger partial charge in [0.1, 0.15) is 5.75 Å². The van der Waals surface area contributed by atoms with Gasteiger partial charge in [-0.15, -0.1) is 0 Å². The summed E-state index contributed by atoms with van der Waals surface area (Å²) in [5.74, 6) is 0.180. The molecule has 2 fully saturated rings. The molecule has 2 aromatic carbocycles. The van der Waals surface area contributed by atoms with Crippen molar-refractivity contribution >= 4 is 17.3 Å². The first-order valence-electron chi connectivity index (χ1n) is 12.8. The standard InChI is InChI=1S/C27H33F3N4O3/c1-36-22-4-2-3-21(17-22)33-9-10-34-24-6-5-20(27(28,29)30)15-19(24)16-23(25(34)18-33)26(35)31-7-8-32-11-13-37-14-12-32/h2-6,15,17,23,25H,7-14,16,18H2,1H3,(H,31,35)/t23-,25-/m1/s1. The second-order valence-electron chi connectivity index (χ2n) is 9.81. The minimum absolute atomic E-state index is 0.112. The molecule has 0 spiro atoms. The van der Waals surface area contributed by atoms with Crippen LogP contribution in [0.2, 0.25) is 0 Å². The van der Waals surface area contributed by atoms with E-state index < -0.39 is 17.7 Å². The van der Waals surface area contributed by atoms with E-state index in [1.165, 1.54) is 6.07 Å². The molecule has 3 aliphatic rings. The van der Waals surface area contributed by atoms with E-state index >= 15 is 0 Å². The molecule has 0 aromatic heterocycles. The number of hydrogen-bond acceptors (Lipinski definition) is 6. The van der Waals surface area contributed by atoms with E-state index in [2.05, 4.69) is 20.0 Å². The van der Waals surface area contributed by atoms with E-state index in [1.807, 2.05) is 24.3 Å². The minimum Gasteiger partial charge on any atom is -0.497 e. The summed E-state index contributed by atoms with van der Waals surface area (Å²) in [7, 11) is 1.63. The van der Waals surface area contributed by atoms with Gasteiger partial charge in [0.2, 0.25) is 5.91 Å². The van der Waals surface area contributed by atoms with Crippen molar-refractivity contribution in [2.24, 2.45) is 5.92 Å². The number of methoxy groups -OCH3 is 1. The lowest BCUT2D eigenvalue weighted by Gasteiger charge is -2.49. The number of carbonyl (C=O) groups excluding carboxylic acids is 1. The Labute approximate surface area is 215 Å². The molecule has 200 valence electrons. The Balaban J connectivity index is 1.37. The summed E-state index contributed by atoms with van der Waals surface area (Å²) in [6.45, 7) is 6.15. The number of nitrogens with one attached hydrogen (secondary N) is 1. The topological polar surface area (TPSA) is 57.3 Å². The molecule has 0 radical (unpaired) electrons. The lowest BCUT2D eigenvalue weighted by atomic mass is 9.82. The van der Waals surface area contributed by atoms with Crippen LogP contribution in [0, 0.1) is 5.92 Å². The van der Waals surface area contributed by atoms with Gasteiger partial charge in [-0.05, 0) is 42.3 Å². The highest BCUT2D eigenvalue weighted by atomic mass is 19.4. The predicted octanol–water partition coefficient (Wildman–Crippen LogP) is 3.03. The number of anilines is 2. The van der Waals surface area contributed by atoms with E-state index in [4.69, 9.17) is 9.47 Å². The molecule has 1 amide bonds. The minimum atomic E-state index is -4.42. The fourth-order valence-corrected chi connectivity index (χ4v) is 5.63. The van der Waals surface area contributed by atoms with Crippen LogP contribution in [0.4, 0.5) is 24.5 Å². The number of amides is 1. The van der Waals surface area contributed by atoms with Crippen LogP contribution in [0.3, 0.4) is 0 Å². The third-order valence-electron chi connectivity index (χ3n) is 7.63. The average molecular weight is 519 g/mol. The maximum absolute atomic E-state index is 13.5. The normalized spacial score (nSPS) is 22.3. The largest absolute Gasteiger partial charge is 0.497 e. The number of benzene rings is 2. The summed E-state index contributed by atoms with van der Waals surface area (Å²) in [5.41, 5.74) is 1.70. The first-order chi connectivity index (χ1) is 17.8. The number of carbonyl (C=O) groups is 1. The summed E-state index contributed by atoms with van der Waals surface area (Å²) in [5, 5.41) is 3.07. The summed E-state index contributed by atoms with van der Waals surface area (Å²) in [4.78, 5) is 20.1. The maximum atomic E-state index is 13.5. The van der Waals surface area contributed by atoms with Gasteiger partial charge in [-0.1, -0.05) is 6.07 Å². The maximum Gasteiger partial charge on any atom is 0.416 e. The van der Waals surface area contributed by atoms with Crippen molar-refractivity contribution < 1.29 is 27.4 Å². The summed E-state index contributed by atoms with van der Waals surface area (Å²) in [6, 6.07) is 11.6. The monoisotopic (exact) mass is 518 g/mol. The summed E-state index contributed by atoms with van der Waals surface area (Å²) < 4.78 is 51.2. The van der Waals surface area contributed by atoms with E-state index in [0.717, 1.165) is 42.8 Å². The molecule has 3 aliphatic heterocycles. The molecule has 7 nitrogen and oxygen atoms in total. The number of rotatable bonds is 6. The van der Waals surface area contributed by atoms with Crippen molar-refractivity contribution in [2.75, 3.05) is 75.9 Å². The van der Waals surface area contributed by atoms with E-state index in [1.54, 1.807) is 13.2 Å². The van der Waals surface area contributed by atoms with Crippen molar-refractivity contribution in [3.8, 4) is 5.75 Å². The molecule has 0 aliphatic carbocycles. The zero-order valence-corrected chi connectivity index (χ0v) is 21.0. The molecule has 3 heterocycles. The number of alkyl halides is 3. The fourth-order valence-electron chi connectivity index (χ4n) is 5.63. The highest BCUT2D eigenvalue weighted by Gasteiger charge is 2.42. The van der Waals surface area contributed by atoms with Gasteiger partial charge in [0.05, 0.1) is 37.8 Å². The Morgan fingerprint density at radius 1 is 1.11 bits per heavy atom. The molecule has 5 rings (SSSR count). The van der Waals surface area contributed by atoms with Crippen LogP contribution < -0.4 is 19.9 Å². The number of ether oxygens (including phenoxy) is 2. The molecular formula is C27H33F3N4O3. The zero-order chi connectivity index (χ0) is 26.0. The van der Waals surface area contributed by atoms with Gasteiger partial charge in [0.15, 0.2) is 0 Å². The smallest absolute Gasteiger partial charge is 0.416 e. The van der Waals surface area contributed by atoms with Gasteiger partial charge in [0.25, 0.3) is 0 Å². The highest BCUT2D eigenvalue weighted by Crippen LogP contribution is 2.40. The lowest BCUT2D eigenvalue weighted by Crippen LogP contribution is -2.61. The van der Waals surface area contributed by atoms with Gasteiger partial charge < -0.3 is 24.6 Å². The van der Waals surface area contributed by atoms with E-state index in [-0.39, 0.29) is 18.4 Å². The second-order valence-corrected chi connectivity index (χ2v) is 9.81. The van der Waals surface area contributed by atoms with Crippen LogP contribution in [-0.4, -0.2) is 83.0 Å². The van der Waals surface area contributed by atoms with Crippen LogP contribution in [-0.2, 0) is 22.1 Å². The zero-order valence-electron chi connectivity index (χ0n) is 21.0. The molecule has 2 aromatic rings. The number of hydrogen-bond donors (Lipinski definition) is 1. The van der Waals surface area contributed by atoms with E-state index in [0.29, 0.717) is 45.0 Å². The number of nitrogens with zero attached hydrogens (tertiary/aromatic N) is 3. The van der Waals surface area contributed by atoms with Crippen molar-refractivity contribution in [1.82, 2.24) is 10.2 Å². The van der Waals surface area contributed by atoms with Gasteiger partial charge in [-0.25, -0.2) is 0 Å². The number of piperazine rings is 1. The molecule has 0 bridgehead atoms. The number of fused-ring (bicyclic) bond motifs is 3. The average Bonchev–Trinajstić information content (AvgIpc) is 2.92. The first-order valence-corrected chi connectivity index (χ1v) is 12.8. The number of halogens is 3. The van der Waals surface area contributed by atoms with Crippen LogP contribution in [0.25, 0.3) is 0 Å². The van der Waals surface area contributed by atoms with Crippen LogP contribution >= 0.6 is 0 Å². The Bertz CT molecular complexity index is 1110. The molecule has 0 unspecified atom stereocenters. The fraction of sp³-hybridized carbons (Fsp3) is 0.519. The highest BCUT2D eigenvalue weighted by molar-refractivity contribution is 5.82. The van der Waals surface area contributed by atoms with Crippen molar-refractivity contribution in [2.45, 2.75) is 18.6 Å². The third kappa shape index (κ3) is 5.65. The summed E-state index contributed by atoms with van der Waals surface area (Å²) in [6.07, 6.45) is -4.15. The molecule has 2 saturated heterocycles. The molecule has 1 N–H and O–H groups in total. The van der Waals surface area contributed by atoms with Crippen LogP contribution in [0.5, 0.6) is 5.75 Å². The summed E-state index contributed by atoms with van der Waals surface area (Å²) >= 11 is 0. The molecule has 37 heavy (non-hydrogen) atoms. The van der Waals surface area contributed by atoms with Crippen molar-refractivity contribution in [1.29, 1.82) is 0 Å². The van der Waals surface area contributed by atoms with Gasteiger partial charge in [-0.3, -0.25) is 9.69 Å². The lowest BCUT2D eigenvalue weighted by molar-refractivity contribution is -0.137. The van der Waals surface area contributed by atoms with E-state index in [9.17, 15) is 18.0 Å². The van der Waals surface area contributed by atoms with Gasteiger partial charge >= 0.3 is 6.18 Å². The second kappa shape index (κ2) is 10.8. The number of morpholine rings is 1. The Morgan fingerprint density at radius 2 is 1.92 bits per heavy atom. The van der Waals surface area contributed by atoms with Gasteiger partial charge in [0, 0.05) is 63.3 Å². The predicted molar refractivity (Wildman–Crippen MR) is 135 cm³/mol. The quantitative estimate of drug-likeness (QED) is 0.635. The third-order valence-corrected chi connectivity index (χ3v) is 7.63.